The van der Waals surface area contributed by atoms with Crippen LogP contribution in [-0.2, 0) is 28.0 Å². The van der Waals surface area contributed by atoms with Crippen LogP contribution in [0.2, 0.25) is 0 Å². The van der Waals surface area contributed by atoms with E-state index in [1.54, 1.807) is 48.4 Å². The first-order valence-electron chi connectivity index (χ1n) is 19.7. The molecule has 2 atom stereocenters. The Kier molecular flexibility index (Phi) is 11.0. The molecule has 0 saturated carbocycles. The Morgan fingerprint density at radius 3 is 2.36 bits per heavy atom. The van der Waals surface area contributed by atoms with Crippen molar-refractivity contribution >= 4 is 28.7 Å². The van der Waals surface area contributed by atoms with E-state index >= 15 is 0 Å². The molecular weight excluding hydrogens is 739 g/mol. The number of H-pyrrole nitrogens is 1. The van der Waals surface area contributed by atoms with Gasteiger partial charge >= 0.3 is 5.97 Å². The number of fused-ring (bicyclic) bond motifs is 4. The lowest BCUT2D eigenvalue weighted by Crippen LogP contribution is -2.66. The zero-order valence-electron chi connectivity index (χ0n) is 32.3. The molecule has 2 unspecified atom stereocenters. The number of phenols is 1. The zero-order valence-corrected chi connectivity index (χ0v) is 32.3. The molecule has 1 aromatic heterocycles. The lowest BCUT2D eigenvalue weighted by Gasteiger charge is -2.50. The SMILES string of the molecule is COc1cc(CNC(=O)c2ccc(C(=O)N3CC(C(=O)OC4CN5CCC4CC5)(c4ccccc4)C3)cc2)ccc1CNCC(O)c1ccc(O)c2[nH]c(=O)ccc12. The molecule has 4 aliphatic heterocycles. The number of piperidine rings is 3. The quantitative estimate of drug-likeness (QED) is 0.110. The number of aromatic hydroxyl groups is 1. The zero-order chi connectivity index (χ0) is 40.4. The van der Waals surface area contributed by atoms with Crippen molar-refractivity contribution < 1.29 is 34.1 Å². The van der Waals surface area contributed by atoms with Gasteiger partial charge in [0, 0.05) is 67.4 Å². The number of amides is 2. The minimum atomic E-state index is -0.919. The molecular formula is C45H47N5O8. The van der Waals surface area contributed by atoms with Crippen LogP contribution in [0.4, 0.5) is 0 Å². The number of carbonyl (C=O) groups is 3. The van der Waals surface area contributed by atoms with Crippen molar-refractivity contribution in [2.24, 2.45) is 5.92 Å². The molecule has 2 amide bonds. The van der Waals surface area contributed by atoms with Gasteiger partial charge in [0.05, 0.1) is 18.7 Å². The first-order chi connectivity index (χ1) is 28.1. The van der Waals surface area contributed by atoms with E-state index in [1.165, 1.54) is 12.1 Å². The molecule has 4 fully saturated rings. The second kappa shape index (κ2) is 16.5. The van der Waals surface area contributed by atoms with E-state index < -0.39 is 11.5 Å². The van der Waals surface area contributed by atoms with Crippen LogP contribution >= 0.6 is 0 Å². The first kappa shape index (κ1) is 38.8. The van der Waals surface area contributed by atoms with E-state index in [0.717, 1.165) is 49.2 Å². The van der Waals surface area contributed by atoms with Gasteiger partial charge in [-0.2, -0.15) is 0 Å². The summed E-state index contributed by atoms with van der Waals surface area (Å²) in [5, 5.41) is 27.8. The summed E-state index contributed by atoms with van der Waals surface area (Å²) in [6.45, 7) is 4.15. The number of methoxy groups -OCH3 is 1. The molecule has 0 radical (unpaired) electrons. The number of carbonyl (C=O) groups excluding carboxylic acids is 3. The van der Waals surface area contributed by atoms with Gasteiger partial charge in [-0.05, 0) is 91.0 Å². The van der Waals surface area contributed by atoms with E-state index in [4.69, 9.17) is 9.47 Å². The number of esters is 1. The molecule has 4 aliphatic rings. The third-order valence-corrected chi connectivity index (χ3v) is 11.9. The summed E-state index contributed by atoms with van der Waals surface area (Å²) in [5.41, 5.74) is 2.91. The second-order valence-corrected chi connectivity index (χ2v) is 15.5. The molecule has 4 saturated heterocycles. The Morgan fingerprint density at radius 1 is 0.914 bits per heavy atom. The van der Waals surface area contributed by atoms with Gasteiger partial charge in [-0.15, -0.1) is 0 Å². The number of rotatable bonds is 13. The van der Waals surface area contributed by atoms with E-state index in [-0.39, 0.29) is 66.9 Å². The van der Waals surface area contributed by atoms with Crippen molar-refractivity contribution in [3.8, 4) is 11.5 Å². The summed E-state index contributed by atoms with van der Waals surface area (Å²) in [6, 6.07) is 27.7. The van der Waals surface area contributed by atoms with Crippen molar-refractivity contribution in [3.63, 3.8) is 0 Å². The monoisotopic (exact) mass is 785 g/mol. The van der Waals surface area contributed by atoms with Crippen LogP contribution in [0, 0.1) is 5.92 Å². The summed E-state index contributed by atoms with van der Waals surface area (Å²) in [7, 11) is 1.56. The lowest BCUT2D eigenvalue weighted by molar-refractivity contribution is -0.171. The highest BCUT2D eigenvalue weighted by Crippen LogP contribution is 2.39. The molecule has 5 aromatic rings. The standard InChI is InChI=1S/C45H47N5O8/c1-57-38-21-28(7-8-32(38)23-46-24-37(52)34-13-15-36(51)41-35(34)14-16-40(53)48-41)22-47-42(54)30-9-11-31(12-10-30)43(55)50-26-45(27-50,33-5-3-2-4-6-33)44(56)58-39-25-49-19-17-29(39)18-20-49/h2-16,21,29,37,39,46,51-52H,17-20,22-27H2,1H3,(H,47,54)(H,48,53). The third kappa shape index (κ3) is 7.80. The highest BCUT2D eigenvalue weighted by atomic mass is 16.5. The van der Waals surface area contributed by atoms with Crippen LogP contribution in [0.15, 0.2) is 102 Å². The highest BCUT2D eigenvalue weighted by Gasteiger charge is 2.55. The maximum atomic E-state index is 13.8. The predicted molar refractivity (Wildman–Crippen MR) is 217 cm³/mol. The van der Waals surface area contributed by atoms with Crippen molar-refractivity contribution in [1.29, 1.82) is 0 Å². The number of ether oxygens (including phenoxy) is 2. The Morgan fingerprint density at radius 2 is 1.66 bits per heavy atom. The number of pyridine rings is 1. The van der Waals surface area contributed by atoms with Crippen LogP contribution in [0.1, 0.15) is 61.9 Å². The number of aromatic amines is 1. The molecule has 0 spiro atoms. The fraction of sp³-hybridized carbons (Fsp3) is 0.333. The van der Waals surface area contributed by atoms with Gasteiger partial charge in [-0.25, -0.2) is 0 Å². The number of nitrogens with zero attached hydrogens (tertiary/aromatic N) is 2. The average Bonchev–Trinajstić information content (AvgIpc) is 3.23. The number of aliphatic hydroxyl groups excluding tert-OH is 1. The Bertz CT molecular complexity index is 2370. The number of nitrogens with one attached hydrogen (secondary N) is 3. The molecule has 2 bridgehead atoms. The number of hydrogen-bond acceptors (Lipinski definition) is 10. The Labute approximate surface area is 335 Å². The van der Waals surface area contributed by atoms with Crippen molar-refractivity contribution in [2.75, 3.05) is 46.4 Å². The van der Waals surface area contributed by atoms with E-state index in [0.29, 0.717) is 40.3 Å². The number of aliphatic hydroxyl groups is 1. The van der Waals surface area contributed by atoms with Gasteiger partial charge in [0.15, 0.2) is 0 Å². The van der Waals surface area contributed by atoms with Gasteiger partial charge in [-0.3, -0.25) is 24.1 Å². The number of likely N-dealkylation sites (tertiary alicyclic amines) is 1. The topological polar surface area (TPSA) is 174 Å². The average molecular weight is 786 g/mol. The maximum Gasteiger partial charge on any atom is 0.320 e. The number of hydrogen-bond donors (Lipinski definition) is 5. The molecule has 13 heteroatoms. The molecule has 5 N–H and O–H groups in total. The maximum absolute atomic E-state index is 13.8. The van der Waals surface area contributed by atoms with Crippen LogP contribution < -0.4 is 20.9 Å². The third-order valence-electron chi connectivity index (χ3n) is 11.9. The molecule has 0 aliphatic carbocycles. The summed E-state index contributed by atoms with van der Waals surface area (Å²) in [5.74, 6) is 0.143. The summed E-state index contributed by atoms with van der Waals surface area (Å²) < 4.78 is 11.8. The molecule has 58 heavy (non-hydrogen) atoms. The van der Waals surface area contributed by atoms with Gasteiger partial charge in [0.25, 0.3) is 11.8 Å². The smallest absolute Gasteiger partial charge is 0.320 e. The van der Waals surface area contributed by atoms with Crippen LogP contribution in [-0.4, -0.2) is 95.3 Å². The van der Waals surface area contributed by atoms with Gasteiger partial charge in [0.2, 0.25) is 5.56 Å². The molecule has 4 aromatic carbocycles. The summed E-state index contributed by atoms with van der Waals surface area (Å²) >= 11 is 0. The fourth-order valence-corrected chi connectivity index (χ4v) is 8.51. The number of benzene rings is 4. The summed E-state index contributed by atoms with van der Waals surface area (Å²) in [4.78, 5) is 58.9. The molecule has 13 nitrogen and oxygen atoms in total. The van der Waals surface area contributed by atoms with Crippen molar-refractivity contribution in [1.82, 2.24) is 25.4 Å². The minimum absolute atomic E-state index is 0.0725. The largest absolute Gasteiger partial charge is 0.506 e. The van der Waals surface area contributed by atoms with E-state index in [9.17, 15) is 29.4 Å². The van der Waals surface area contributed by atoms with E-state index in [2.05, 4.69) is 20.5 Å². The number of aromatic nitrogens is 1. The number of phenolic OH excluding ortho intramolecular Hbond substituents is 1. The molecule has 5 heterocycles. The molecule has 9 rings (SSSR count). The minimum Gasteiger partial charge on any atom is -0.506 e. The highest BCUT2D eigenvalue weighted by molar-refractivity contribution is 5.99. The summed E-state index contributed by atoms with van der Waals surface area (Å²) in [6.07, 6.45) is 1.05. The van der Waals surface area contributed by atoms with Gasteiger partial charge in [-0.1, -0.05) is 48.5 Å². The van der Waals surface area contributed by atoms with Crippen LogP contribution in [0.5, 0.6) is 11.5 Å². The normalized spacial score (nSPS) is 19.9. The predicted octanol–water partition coefficient (Wildman–Crippen LogP) is 4.03. The fourth-order valence-electron chi connectivity index (χ4n) is 8.51. The lowest BCUT2D eigenvalue weighted by atomic mass is 9.73. The second-order valence-electron chi connectivity index (χ2n) is 15.5. The first-order valence-corrected chi connectivity index (χ1v) is 19.7. The van der Waals surface area contributed by atoms with E-state index in [1.807, 2.05) is 48.5 Å². The van der Waals surface area contributed by atoms with Gasteiger partial charge in [0.1, 0.15) is 23.0 Å². The Hall–Kier alpha value is -6.02. The Balaban J connectivity index is 0.840. The van der Waals surface area contributed by atoms with Crippen LogP contribution in [0.3, 0.4) is 0 Å². The van der Waals surface area contributed by atoms with Crippen molar-refractivity contribution in [2.45, 2.75) is 43.6 Å². The van der Waals surface area contributed by atoms with Crippen LogP contribution in [0.25, 0.3) is 10.9 Å². The van der Waals surface area contributed by atoms with Gasteiger partial charge < -0.3 is 40.2 Å². The molecule has 300 valence electrons. The van der Waals surface area contributed by atoms with Crippen molar-refractivity contribution in [3.05, 3.63) is 141 Å².